The number of likely N-dealkylation sites (tertiary alicyclic amines) is 1. The predicted octanol–water partition coefficient (Wildman–Crippen LogP) is 1.18. The molecule has 0 aliphatic carbocycles. The Kier molecular flexibility index (Phi) is 6.99. The van der Waals surface area contributed by atoms with Gasteiger partial charge in [-0.2, -0.15) is 11.8 Å². The van der Waals surface area contributed by atoms with Crippen LogP contribution in [-0.4, -0.2) is 62.2 Å². The van der Waals surface area contributed by atoms with Gasteiger partial charge in [0, 0.05) is 20.0 Å². The molecule has 106 valence electrons. The molecule has 0 aromatic carbocycles. The highest BCUT2D eigenvalue weighted by molar-refractivity contribution is 7.99. The second kappa shape index (κ2) is 7.99. The third-order valence-corrected chi connectivity index (χ3v) is 4.13. The maximum Gasteiger partial charge on any atom is 0.256 e. The van der Waals surface area contributed by atoms with Crippen molar-refractivity contribution in [1.82, 2.24) is 4.90 Å². The first-order valence-electron chi connectivity index (χ1n) is 6.09. The second-order valence-corrected chi connectivity index (χ2v) is 5.79. The molecule has 1 aliphatic heterocycles. The predicted molar refractivity (Wildman–Crippen MR) is 71.4 cm³/mol. The first-order chi connectivity index (χ1) is 8.61. The number of β-lactam (4-membered cyclic amide) rings is 1. The summed E-state index contributed by atoms with van der Waals surface area (Å²) >= 11 is 1.84. The van der Waals surface area contributed by atoms with Gasteiger partial charge in [-0.15, -0.1) is 0 Å². The van der Waals surface area contributed by atoms with E-state index in [9.17, 15) is 4.79 Å². The lowest BCUT2D eigenvalue weighted by Gasteiger charge is -2.45. The van der Waals surface area contributed by atoms with Gasteiger partial charge in [-0.05, 0) is 11.7 Å². The van der Waals surface area contributed by atoms with Crippen molar-refractivity contribution in [2.45, 2.75) is 26.0 Å². The van der Waals surface area contributed by atoms with Crippen molar-refractivity contribution in [1.29, 1.82) is 0 Å². The largest absolute Gasteiger partial charge is 0.364 e. The smallest absolute Gasteiger partial charge is 0.256 e. The first kappa shape index (κ1) is 15.8. The fraction of sp³-hybridized carbons (Fsp3) is 0.917. The summed E-state index contributed by atoms with van der Waals surface area (Å²) in [6.07, 6.45) is -0.375. The molecule has 0 saturated carbocycles. The van der Waals surface area contributed by atoms with Crippen molar-refractivity contribution >= 4 is 17.7 Å². The standard InChI is InChI=1S/C12H23NO4S/c1-9(2)5-18-6-10-11(17-8-16-4)12(14)13(10)7-15-3/h9-11H,5-8H2,1-4H3/t10?,11-/m1/s1. The van der Waals surface area contributed by atoms with Crippen molar-refractivity contribution in [3.63, 3.8) is 0 Å². The van der Waals surface area contributed by atoms with E-state index in [1.807, 2.05) is 11.8 Å². The van der Waals surface area contributed by atoms with E-state index in [-0.39, 0.29) is 24.8 Å². The van der Waals surface area contributed by atoms with Crippen LogP contribution in [0.1, 0.15) is 13.8 Å². The Balaban J connectivity index is 2.42. The van der Waals surface area contributed by atoms with Crippen LogP contribution in [0.5, 0.6) is 0 Å². The molecule has 2 atom stereocenters. The van der Waals surface area contributed by atoms with Crippen LogP contribution in [0.3, 0.4) is 0 Å². The lowest BCUT2D eigenvalue weighted by Crippen LogP contribution is -2.67. The van der Waals surface area contributed by atoms with Gasteiger partial charge in [0.1, 0.15) is 13.5 Å². The molecule has 1 amide bonds. The zero-order valence-corrected chi connectivity index (χ0v) is 12.4. The Hall–Kier alpha value is -0.300. The van der Waals surface area contributed by atoms with Crippen molar-refractivity contribution < 1.29 is 19.0 Å². The number of thioether (sulfide) groups is 1. The Morgan fingerprint density at radius 1 is 1.33 bits per heavy atom. The zero-order chi connectivity index (χ0) is 13.5. The monoisotopic (exact) mass is 277 g/mol. The Morgan fingerprint density at radius 3 is 2.61 bits per heavy atom. The lowest BCUT2D eigenvalue weighted by atomic mass is 10.0. The third kappa shape index (κ3) is 4.12. The van der Waals surface area contributed by atoms with E-state index >= 15 is 0 Å². The number of hydrogen-bond donors (Lipinski definition) is 0. The molecule has 6 heteroatoms. The maximum atomic E-state index is 11.8. The van der Waals surface area contributed by atoms with Crippen LogP contribution in [0.4, 0.5) is 0 Å². The number of carbonyl (C=O) groups excluding carboxylic acids is 1. The number of methoxy groups -OCH3 is 2. The molecule has 18 heavy (non-hydrogen) atoms. The van der Waals surface area contributed by atoms with Crippen LogP contribution in [0, 0.1) is 5.92 Å². The van der Waals surface area contributed by atoms with Gasteiger partial charge in [-0.3, -0.25) is 4.79 Å². The van der Waals surface area contributed by atoms with E-state index in [2.05, 4.69) is 13.8 Å². The third-order valence-electron chi connectivity index (χ3n) is 2.65. The van der Waals surface area contributed by atoms with Gasteiger partial charge in [0.15, 0.2) is 6.10 Å². The van der Waals surface area contributed by atoms with Gasteiger partial charge in [-0.1, -0.05) is 13.8 Å². The summed E-state index contributed by atoms with van der Waals surface area (Å²) < 4.78 is 15.3. The van der Waals surface area contributed by atoms with Crippen molar-refractivity contribution in [3.05, 3.63) is 0 Å². The molecular formula is C12H23NO4S. The molecule has 0 N–H and O–H groups in total. The molecule has 0 radical (unpaired) electrons. The van der Waals surface area contributed by atoms with E-state index in [4.69, 9.17) is 14.2 Å². The summed E-state index contributed by atoms with van der Waals surface area (Å²) in [6.45, 7) is 4.86. The number of carbonyl (C=O) groups is 1. The highest BCUT2D eigenvalue weighted by Gasteiger charge is 2.47. The van der Waals surface area contributed by atoms with Crippen molar-refractivity contribution in [2.24, 2.45) is 5.92 Å². The molecule has 1 unspecified atom stereocenters. The van der Waals surface area contributed by atoms with E-state index in [1.54, 1.807) is 19.1 Å². The minimum Gasteiger partial charge on any atom is -0.364 e. The maximum absolute atomic E-state index is 11.8. The van der Waals surface area contributed by atoms with E-state index in [1.165, 1.54) is 0 Å². The van der Waals surface area contributed by atoms with Crippen LogP contribution >= 0.6 is 11.8 Å². The quantitative estimate of drug-likeness (QED) is 0.468. The Morgan fingerprint density at radius 2 is 2.06 bits per heavy atom. The second-order valence-electron chi connectivity index (χ2n) is 4.72. The lowest BCUT2D eigenvalue weighted by molar-refractivity contribution is -0.193. The van der Waals surface area contributed by atoms with E-state index < -0.39 is 0 Å². The van der Waals surface area contributed by atoms with Gasteiger partial charge in [0.25, 0.3) is 5.91 Å². The molecule has 0 bridgehead atoms. The molecule has 1 heterocycles. The molecule has 1 fully saturated rings. The van der Waals surface area contributed by atoms with Crippen molar-refractivity contribution in [3.8, 4) is 0 Å². The summed E-state index contributed by atoms with van der Waals surface area (Å²) in [6, 6.07) is 0.0938. The summed E-state index contributed by atoms with van der Waals surface area (Å²) in [5.74, 6) is 2.61. The van der Waals surface area contributed by atoms with Gasteiger partial charge in [0.05, 0.1) is 6.04 Å². The number of rotatable bonds is 9. The Labute approximate surface area is 113 Å². The first-order valence-corrected chi connectivity index (χ1v) is 7.25. The molecule has 0 spiro atoms. The van der Waals surface area contributed by atoms with Crippen molar-refractivity contribution in [2.75, 3.05) is 39.2 Å². The number of ether oxygens (including phenoxy) is 3. The van der Waals surface area contributed by atoms with Gasteiger partial charge in [-0.25, -0.2) is 0 Å². The molecule has 0 aromatic rings. The summed E-state index contributed by atoms with van der Waals surface area (Å²) in [5, 5.41) is 0. The molecule has 1 rings (SSSR count). The topological polar surface area (TPSA) is 48.0 Å². The highest BCUT2D eigenvalue weighted by atomic mass is 32.2. The molecular weight excluding hydrogens is 254 g/mol. The zero-order valence-electron chi connectivity index (χ0n) is 11.5. The van der Waals surface area contributed by atoms with Crippen LogP contribution in [-0.2, 0) is 19.0 Å². The summed E-state index contributed by atoms with van der Waals surface area (Å²) in [4.78, 5) is 13.5. The Bertz CT molecular complexity index is 262. The molecule has 1 aliphatic rings. The highest BCUT2D eigenvalue weighted by Crippen LogP contribution is 2.26. The summed E-state index contributed by atoms with van der Waals surface area (Å²) in [7, 11) is 3.15. The van der Waals surface area contributed by atoms with Crippen LogP contribution < -0.4 is 0 Å². The normalized spacial score (nSPS) is 23.6. The number of nitrogens with zero attached hydrogens (tertiary/aromatic N) is 1. The SMILES string of the molecule is COCO[C@H]1C(=O)N(COC)C1CSCC(C)C. The molecule has 5 nitrogen and oxygen atoms in total. The van der Waals surface area contributed by atoms with Crippen LogP contribution in [0.2, 0.25) is 0 Å². The van der Waals surface area contributed by atoms with E-state index in [0.29, 0.717) is 12.6 Å². The average molecular weight is 277 g/mol. The van der Waals surface area contributed by atoms with Gasteiger partial charge in [0.2, 0.25) is 0 Å². The van der Waals surface area contributed by atoms with Crippen LogP contribution in [0.25, 0.3) is 0 Å². The molecule has 1 saturated heterocycles. The average Bonchev–Trinajstić information content (AvgIpc) is 2.34. The van der Waals surface area contributed by atoms with Gasteiger partial charge < -0.3 is 19.1 Å². The number of hydrogen-bond acceptors (Lipinski definition) is 5. The van der Waals surface area contributed by atoms with Crippen LogP contribution in [0.15, 0.2) is 0 Å². The van der Waals surface area contributed by atoms with Gasteiger partial charge >= 0.3 is 0 Å². The minimum absolute atomic E-state index is 0.0101. The fourth-order valence-corrected chi connectivity index (χ4v) is 3.00. The number of amides is 1. The molecule has 0 aromatic heterocycles. The fourth-order valence-electron chi connectivity index (χ4n) is 1.80. The minimum atomic E-state index is -0.375. The van der Waals surface area contributed by atoms with E-state index in [0.717, 1.165) is 11.5 Å². The summed E-state index contributed by atoms with van der Waals surface area (Å²) in [5.41, 5.74) is 0.